The summed E-state index contributed by atoms with van der Waals surface area (Å²) in [4.78, 5) is 12.8. The zero-order valence-electron chi connectivity index (χ0n) is 20.2. The highest BCUT2D eigenvalue weighted by Crippen LogP contribution is 2.38. The second-order valence-corrected chi connectivity index (χ2v) is 10.6. The molecule has 0 amide bonds. The quantitative estimate of drug-likeness (QED) is 0.324. The van der Waals surface area contributed by atoms with E-state index in [-0.39, 0.29) is 11.8 Å². The van der Waals surface area contributed by atoms with Gasteiger partial charge in [-0.05, 0) is 31.5 Å². The van der Waals surface area contributed by atoms with Gasteiger partial charge in [0.2, 0.25) is 16.0 Å². The van der Waals surface area contributed by atoms with Crippen LogP contribution in [-0.4, -0.2) is 64.7 Å². The number of sulfonamides is 1. The van der Waals surface area contributed by atoms with E-state index in [0.717, 1.165) is 5.56 Å². The lowest BCUT2D eigenvalue weighted by Gasteiger charge is -2.22. The summed E-state index contributed by atoms with van der Waals surface area (Å²) in [5.41, 5.74) is 1.25. The van der Waals surface area contributed by atoms with Gasteiger partial charge in [-0.1, -0.05) is 6.07 Å². The highest BCUT2D eigenvalue weighted by atomic mass is 32.2. The topological polar surface area (TPSA) is 143 Å². The van der Waals surface area contributed by atoms with Crippen molar-refractivity contribution in [2.75, 3.05) is 26.1 Å². The number of anilines is 1. The van der Waals surface area contributed by atoms with Gasteiger partial charge in [-0.25, -0.2) is 23.4 Å². The van der Waals surface area contributed by atoms with Crippen LogP contribution in [0.1, 0.15) is 24.4 Å². The van der Waals surface area contributed by atoms with Gasteiger partial charge in [0.15, 0.2) is 16.7 Å². The normalized spacial score (nSPS) is 13.2. The molecule has 3 aromatic heterocycles. The summed E-state index contributed by atoms with van der Waals surface area (Å²) in [6.07, 6.45) is 3.89. The molecule has 4 rings (SSSR count). The summed E-state index contributed by atoms with van der Waals surface area (Å²) in [6, 6.07) is 5.20. The monoisotopic (exact) mass is 531 g/mol. The minimum atomic E-state index is -4.09. The Hall–Kier alpha value is -3.62. The van der Waals surface area contributed by atoms with Crippen LogP contribution in [0.4, 0.5) is 5.95 Å². The molecule has 0 radical (unpaired) electrons. The Kier molecular flexibility index (Phi) is 7.47. The Bertz CT molecular complexity index is 1400. The first-order chi connectivity index (χ1) is 17.3. The van der Waals surface area contributed by atoms with Crippen molar-refractivity contribution in [1.29, 1.82) is 0 Å². The fourth-order valence-electron chi connectivity index (χ4n) is 3.53. The highest BCUT2D eigenvalue weighted by Gasteiger charge is 2.35. The number of aryl methyl sites for hydroxylation is 1. The third-order valence-corrected chi connectivity index (χ3v) is 7.83. The Balaban J connectivity index is 1.81. The van der Waals surface area contributed by atoms with E-state index >= 15 is 0 Å². The Morgan fingerprint density at radius 1 is 1.03 bits per heavy atom. The van der Waals surface area contributed by atoms with E-state index in [4.69, 9.17) is 14.2 Å². The SMILES string of the molecule is COc1cccc(OC)c1-n1c(NS(=O)(=O)[C@@H](C)[C@H](OC)c2ncc(C)cn2)nnc1-c1nccs1. The van der Waals surface area contributed by atoms with Gasteiger partial charge in [0.25, 0.3) is 0 Å². The fraction of sp³-hybridized carbons (Fsp3) is 0.318. The molecule has 0 saturated carbocycles. The molecule has 36 heavy (non-hydrogen) atoms. The summed E-state index contributed by atoms with van der Waals surface area (Å²) < 4.78 is 47.7. The molecule has 3 heterocycles. The smallest absolute Gasteiger partial charge is 0.243 e. The summed E-state index contributed by atoms with van der Waals surface area (Å²) in [6.45, 7) is 3.35. The molecule has 0 aliphatic heterocycles. The van der Waals surface area contributed by atoms with Crippen molar-refractivity contribution in [1.82, 2.24) is 29.7 Å². The van der Waals surface area contributed by atoms with E-state index in [1.165, 1.54) is 44.2 Å². The lowest BCUT2D eigenvalue weighted by molar-refractivity contribution is 0.0949. The van der Waals surface area contributed by atoms with Gasteiger partial charge >= 0.3 is 0 Å². The van der Waals surface area contributed by atoms with Crippen molar-refractivity contribution >= 4 is 27.3 Å². The van der Waals surface area contributed by atoms with Gasteiger partial charge in [0, 0.05) is 31.1 Å². The Morgan fingerprint density at radius 2 is 1.69 bits per heavy atom. The van der Waals surface area contributed by atoms with Crippen LogP contribution in [0.2, 0.25) is 0 Å². The molecule has 0 fully saturated rings. The molecule has 1 aromatic carbocycles. The zero-order valence-corrected chi connectivity index (χ0v) is 21.9. The van der Waals surface area contributed by atoms with Gasteiger partial charge in [0.1, 0.15) is 28.5 Å². The maximum Gasteiger partial charge on any atom is 0.243 e. The second kappa shape index (κ2) is 10.6. The standard InChI is InChI=1S/C22H25N7O5S2/c1-13-11-24-19(25-12-13)18(34-5)14(2)36(30,31)28-22-27-26-20(21-23-9-10-35-21)29(22)17-15(32-3)7-6-8-16(17)33-4/h6-12,14,18H,1-5H3,(H,27,28)/t14-,18-/m0/s1. The van der Waals surface area contributed by atoms with Crippen LogP contribution in [-0.2, 0) is 14.8 Å². The molecule has 12 nitrogen and oxygen atoms in total. The van der Waals surface area contributed by atoms with Crippen molar-refractivity contribution in [3.05, 3.63) is 53.6 Å². The largest absolute Gasteiger partial charge is 0.494 e. The summed E-state index contributed by atoms with van der Waals surface area (Å²) in [5, 5.41) is 9.59. The van der Waals surface area contributed by atoms with E-state index in [2.05, 4.69) is 29.9 Å². The molecule has 0 spiro atoms. The number of nitrogens with zero attached hydrogens (tertiary/aromatic N) is 6. The van der Waals surface area contributed by atoms with E-state index < -0.39 is 21.4 Å². The van der Waals surface area contributed by atoms with E-state index in [1.54, 1.807) is 42.2 Å². The number of para-hydroxylation sites is 1. The molecular weight excluding hydrogens is 506 g/mol. The molecule has 0 saturated heterocycles. The fourth-order valence-corrected chi connectivity index (χ4v) is 5.27. The first-order valence-electron chi connectivity index (χ1n) is 10.7. The van der Waals surface area contributed by atoms with Crippen LogP contribution in [0.15, 0.2) is 42.2 Å². The second-order valence-electron chi connectivity index (χ2n) is 7.66. The minimum absolute atomic E-state index is 0.0745. The zero-order chi connectivity index (χ0) is 25.9. The Morgan fingerprint density at radius 3 is 2.25 bits per heavy atom. The van der Waals surface area contributed by atoms with Crippen LogP contribution < -0.4 is 14.2 Å². The summed E-state index contributed by atoms with van der Waals surface area (Å²) in [7, 11) is 0.325. The van der Waals surface area contributed by atoms with Gasteiger partial charge < -0.3 is 14.2 Å². The van der Waals surface area contributed by atoms with Crippen molar-refractivity contribution in [3.8, 4) is 28.0 Å². The van der Waals surface area contributed by atoms with E-state index in [9.17, 15) is 8.42 Å². The van der Waals surface area contributed by atoms with Crippen molar-refractivity contribution < 1.29 is 22.6 Å². The van der Waals surface area contributed by atoms with Gasteiger partial charge in [-0.15, -0.1) is 21.5 Å². The maximum absolute atomic E-state index is 13.5. The van der Waals surface area contributed by atoms with E-state index in [0.29, 0.717) is 28.0 Å². The van der Waals surface area contributed by atoms with Crippen LogP contribution in [0.25, 0.3) is 16.5 Å². The average molecular weight is 532 g/mol. The first-order valence-corrected chi connectivity index (χ1v) is 13.1. The molecule has 0 unspecified atom stereocenters. The van der Waals surface area contributed by atoms with Crippen molar-refractivity contribution in [3.63, 3.8) is 0 Å². The molecule has 190 valence electrons. The predicted octanol–water partition coefficient (Wildman–Crippen LogP) is 3.02. The van der Waals surface area contributed by atoms with Crippen LogP contribution >= 0.6 is 11.3 Å². The molecule has 0 aliphatic rings. The number of benzene rings is 1. The molecular formula is C22H25N7O5S2. The first kappa shape index (κ1) is 25.5. The van der Waals surface area contributed by atoms with Crippen molar-refractivity contribution in [2.45, 2.75) is 25.2 Å². The number of hydrogen-bond donors (Lipinski definition) is 1. The molecule has 4 aromatic rings. The predicted molar refractivity (Wildman–Crippen MR) is 134 cm³/mol. The summed E-state index contributed by atoms with van der Waals surface area (Å²) in [5.74, 6) is 1.32. The Labute approximate surface area is 212 Å². The number of hydrogen-bond acceptors (Lipinski definition) is 11. The maximum atomic E-state index is 13.5. The van der Waals surface area contributed by atoms with E-state index in [1.807, 2.05) is 6.92 Å². The minimum Gasteiger partial charge on any atom is -0.494 e. The van der Waals surface area contributed by atoms with Crippen LogP contribution in [0.3, 0.4) is 0 Å². The number of aromatic nitrogens is 6. The van der Waals surface area contributed by atoms with Gasteiger partial charge in [-0.2, -0.15) is 0 Å². The molecule has 0 bridgehead atoms. The van der Waals surface area contributed by atoms with Gasteiger partial charge in [0.05, 0.1) is 14.2 Å². The highest BCUT2D eigenvalue weighted by molar-refractivity contribution is 7.93. The third-order valence-electron chi connectivity index (χ3n) is 5.37. The molecule has 1 N–H and O–H groups in total. The lowest BCUT2D eigenvalue weighted by Crippen LogP contribution is -2.33. The molecule has 0 aliphatic carbocycles. The number of rotatable bonds is 10. The number of nitrogens with one attached hydrogen (secondary N) is 1. The average Bonchev–Trinajstić information content (AvgIpc) is 3.54. The number of ether oxygens (including phenoxy) is 3. The van der Waals surface area contributed by atoms with Crippen LogP contribution in [0, 0.1) is 6.92 Å². The third kappa shape index (κ3) is 4.87. The summed E-state index contributed by atoms with van der Waals surface area (Å²) >= 11 is 1.33. The van der Waals surface area contributed by atoms with Gasteiger partial charge in [-0.3, -0.25) is 9.29 Å². The number of methoxy groups -OCH3 is 3. The number of thiazole rings is 1. The molecule has 2 atom stereocenters. The molecule has 14 heteroatoms. The van der Waals surface area contributed by atoms with Crippen LogP contribution in [0.5, 0.6) is 11.5 Å². The van der Waals surface area contributed by atoms with Crippen molar-refractivity contribution in [2.24, 2.45) is 0 Å². The lowest BCUT2D eigenvalue weighted by atomic mass is 10.2.